The summed E-state index contributed by atoms with van der Waals surface area (Å²) in [5.74, 6) is 0.433. The Morgan fingerprint density at radius 1 is 0.844 bits per heavy atom. The number of aliphatic hydroxyl groups is 1. The first-order valence-electron chi connectivity index (χ1n) is 24.4. The van der Waals surface area contributed by atoms with Crippen molar-refractivity contribution in [2.24, 2.45) is 35.5 Å². The van der Waals surface area contributed by atoms with Crippen molar-refractivity contribution in [3.05, 3.63) is 90.1 Å². The van der Waals surface area contributed by atoms with Crippen LogP contribution in [0.3, 0.4) is 0 Å². The molecule has 0 aromatic carbocycles. The van der Waals surface area contributed by atoms with Crippen LogP contribution in [0.5, 0.6) is 0 Å². The Labute approximate surface area is 382 Å². The van der Waals surface area contributed by atoms with Gasteiger partial charge in [0.15, 0.2) is 0 Å². The van der Waals surface area contributed by atoms with Crippen molar-refractivity contribution in [1.29, 1.82) is 0 Å². The van der Waals surface area contributed by atoms with Gasteiger partial charge in [0.2, 0.25) is 0 Å². The van der Waals surface area contributed by atoms with Gasteiger partial charge in [0.25, 0.3) is 0 Å². The number of aromatic amines is 3. The van der Waals surface area contributed by atoms with E-state index in [1.54, 1.807) is 0 Å². The zero-order valence-electron chi connectivity index (χ0n) is 40.9. The summed E-state index contributed by atoms with van der Waals surface area (Å²) in [6.45, 7) is 26.6. The van der Waals surface area contributed by atoms with E-state index in [9.17, 15) is 14.7 Å². The number of rotatable bonds is 20. The fraction of sp³-hybridized carbons (Fsp3) is 0.564. The Bertz CT molecular complexity index is 2510. The largest absolute Gasteiger partial charge is 0.510 e. The Kier molecular flexibility index (Phi) is 16.2. The Hall–Kier alpha value is -4.92. The van der Waals surface area contributed by atoms with Crippen LogP contribution in [0.2, 0.25) is 0 Å². The van der Waals surface area contributed by atoms with Gasteiger partial charge in [0.1, 0.15) is 18.3 Å². The highest BCUT2D eigenvalue weighted by Crippen LogP contribution is 2.42. The molecule has 3 aliphatic rings. The van der Waals surface area contributed by atoms with Crippen LogP contribution in [-0.4, -0.2) is 51.8 Å². The number of allylic oxidation sites excluding steroid dienone is 2. The number of nitrogens with one attached hydrogen (secondary N) is 4. The smallest absolute Gasteiger partial charge is 0.320 e. The second-order valence-corrected chi connectivity index (χ2v) is 19.9. The number of hydrogen-bond donors (Lipinski definition) is 5. The van der Waals surface area contributed by atoms with Crippen LogP contribution in [0.1, 0.15) is 164 Å². The maximum atomic E-state index is 13.7. The van der Waals surface area contributed by atoms with Gasteiger partial charge in [0.05, 0.1) is 18.5 Å². The molecule has 8 bridgehead atoms. The molecule has 6 atom stereocenters. The first-order valence-corrected chi connectivity index (χ1v) is 24.4. The van der Waals surface area contributed by atoms with Crippen molar-refractivity contribution in [3.8, 4) is 0 Å². The van der Waals surface area contributed by atoms with E-state index in [2.05, 4.69) is 113 Å². The number of carbonyl (C=O) groups is 2. The molecular formula is C55H78N4O5. The number of aromatic nitrogens is 3. The van der Waals surface area contributed by atoms with Gasteiger partial charge < -0.3 is 34.8 Å². The maximum absolute atomic E-state index is 13.7. The summed E-state index contributed by atoms with van der Waals surface area (Å²) in [7, 11) is 1.36. The van der Waals surface area contributed by atoms with E-state index in [-0.39, 0.29) is 36.6 Å². The molecule has 6 rings (SSSR count). The van der Waals surface area contributed by atoms with Crippen molar-refractivity contribution >= 4 is 47.6 Å². The lowest BCUT2D eigenvalue weighted by molar-refractivity contribution is -0.143. The molecular weight excluding hydrogens is 797 g/mol. The molecule has 0 saturated carbocycles. The third-order valence-corrected chi connectivity index (χ3v) is 14.8. The van der Waals surface area contributed by atoms with Crippen molar-refractivity contribution in [2.75, 3.05) is 13.7 Å². The van der Waals surface area contributed by atoms with Crippen molar-refractivity contribution in [3.63, 3.8) is 0 Å². The van der Waals surface area contributed by atoms with Crippen LogP contribution < -0.4 is 26.6 Å². The Morgan fingerprint density at radius 3 is 2.16 bits per heavy atom. The minimum absolute atomic E-state index is 0.0153. The van der Waals surface area contributed by atoms with Gasteiger partial charge in [0, 0.05) is 56.6 Å². The van der Waals surface area contributed by atoms with Crippen molar-refractivity contribution < 1.29 is 24.2 Å². The minimum atomic E-state index is -0.994. The highest BCUT2D eigenvalue weighted by Gasteiger charge is 2.47. The van der Waals surface area contributed by atoms with Gasteiger partial charge in [-0.2, -0.15) is 0 Å². The predicted octanol–water partition coefficient (Wildman–Crippen LogP) is 9.37. The molecule has 348 valence electrons. The minimum Gasteiger partial charge on any atom is -0.510 e. The van der Waals surface area contributed by atoms with Gasteiger partial charge >= 0.3 is 11.9 Å². The van der Waals surface area contributed by atoms with Gasteiger partial charge in [-0.1, -0.05) is 105 Å². The zero-order chi connectivity index (χ0) is 46.4. The number of ether oxygens (including phenoxy) is 2. The van der Waals surface area contributed by atoms with Crippen molar-refractivity contribution in [2.45, 2.75) is 152 Å². The van der Waals surface area contributed by atoms with Gasteiger partial charge in [-0.15, -0.1) is 0 Å². The molecule has 3 aromatic heterocycles. The standard InChI is InChI=1S/C55H78N4O5/c1-13-39-35(8)42-28-44-37(10)41(24-25-48(60)64-27-26-34(7)23-17-22-33(6)21-16-20-32(5)19-15-18-31(3)4)52(58-44)50-51(55(62)63-12)54(61)49-38(11)45(59-53(49)50)30-47-40(14-2)36(9)43(57-47)29-46(39)56-42/h13,26,28-33,37,41,51-52,56-59,61H,1,14-25,27H2,2-12H3/b34-26+,43-29-,44-28-,47-30-/t32-,33-,37-,41+,51+,52?/m0/s1. The summed E-state index contributed by atoms with van der Waals surface area (Å²) in [6, 6.07) is -0.395. The van der Waals surface area contributed by atoms with Crippen LogP contribution in [0.25, 0.3) is 35.6 Å². The van der Waals surface area contributed by atoms with Crippen LogP contribution >= 0.6 is 0 Å². The van der Waals surface area contributed by atoms with Crippen LogP contribution in [0.15, 0.2) is 23.9 Å². The first kappa shape index (κ1) is 48.5. The van der Waals surface area contributed by atoms with Crippen LogP contribution in [0.4, 0.5) is 0 Å². The number of carbonyl (C=O) groups excluding carboxylic acids is 2. The molecule has 64 heavy (non-hydrogen) atoms. The van der Waals surface area contributed by atoms with Gasteiger partial charge in [-0.25, -0.2) is 0 Å². The Morgan fingerprint density at radius 2 is 1.50 bits per heavy atom. The van der Waals surface area contributed by atoms with E-state index in [4.69, 9.17) is 9.47 Å². The molecule has 1 aliphatic carbocycles. The average Bonchev–Trinajstić information content (AvgIpc) is 3.99. The number of aliphatic hydroxyl groups excluding tert-OH is 1. The fourth-order valence-electron chi connectivity index (χ4n) is 10.7. The molecule has 1 saturated heterocycles. The molecule has 5 heterocycles. The summed E-state index contributed by atoms with van der Waals surface area (Å²) in [5, 5.41) is 19.1. The molecule has 1 unspecified atom stereocenters. The summed E-state index contributed by atoms with van der Waals surface area (Å²) in [4.78, 5) is 38.2. The summed E-state index contributed by atoms with van der Waals surface area (Å²) in [5.41, 5.74) is 11.1. The first-order chi connectivity index (χ1) is 30.6. The van der Waals surface area contributed by atoms with Crippen LogP contribution in [0, 0.1) is 56.3 Å². The van der Waals surface area contributed by atoms with E-state index < -0.39 is 17.9 Å². The lowest BCUT2D eigenvalue weighted by Gasteiger charge is -2.26. The monoisotopic (exact) mass is 875 g/mol. The summed E-state index contributed by atoms with van der Waals surface area (Å²) in [6.07, 6.45) is 23.3. The second kappa shape index (κ2) is 21.4. The van der Waals surface area contributed by atoms with Gasteiger partial charge in [-0.3, -0.25) is 9.59 Å². The molecule has 9 nitrogen and oxygen atoms in total. The highest BCUT2D eigenvalue weighted by molar-refractivity contribution is 5.95. The van der Waals surface area contributed by atoms with E-state index in [1.165, 1.54) is 68.8 Å². The molecule has 0 amide bonds. The third-order valence-electron chi connectivity index (χ3n) is 14.8. The normalized spacial score (nSPS) is 22.0. The Balaban J connectivity index is 1.21. The number of H-pyrrole nitrogens is 3. The van der Waals surface area contributed by atoms with Crippen molar-refractivity contribution in [1.82, 2.24) is 20.3 Å². The molecule has 5 N–H and O–H groups in total. The lowest BCUT2D eigenvalue weighted by atomic mass is 9.80. The highest BCUT2D eigenvalue weighted by atomic mass is 16.5. The molecule has 0 radical (unpaired) electrons. The summed E-state index contributed by atoms with van der Waals surface area (Å²) < 4.78 is 11.2. The maximum Gasteiger partial charge on any atom is 0.320 e. The van der Waals surface area contributed by atoms with E-state index >= 15 is 0 Å². The molecule has 0 spiro atoms. The molecule has 9 heteroatoms. The predicted molar refractivity (Wildman–Crippen MR) is 263 cm³/mol. The molecule has 3 aromatic rings. The number of hydrogen-bond acceptors (Lipinski definition) is 6. The van der Waals surface area contributed by atoms with E-state index in [1.807, 2.05) is 13.0 Å². The average molecular weight is 875 g/mol. The van der Waals surface area contributed by atoms with E-state index in [0.29, 0.717) is 11.6 Å². The third kappa shape index (κ3) is 10.6. The number of methoxy groups -OCH3 is 1. The number of esters is 2. The van der Waals surface area contributed by atoms with E-state index in [0.717, 1.165) is 98.1 Å². The number of fused-ring (bicyclic) bond motifs is 8. The van der Waals surface area contributed by atoms with Crippen LogP contribution in [-0.2, 0) is 25.5 Å². The summed E-state index contributed by atoms with van der Waals surface area (Å²) >= 11 is 0. The zero-order valence-corrected chi connectivity index (χ0v) is 40.9. The SMILES string of the molecule is C=Cc1c2[nH]c(c1C)/C=C1\NC(C3=c4[nH]c(c(C)c4=C(O)[C@@H]3C(=O)OC)/C=c3\[nH]/c(c(C)c3CC)=C\2)[C@H](CCC(=O)OC/C=C(\C)CCC[C@@H](C)CCC[C@@H](C)CCCC(C)C)[C@@H]1C. The fourth-order valence-corrected chi connectivity index (χ4v) is 10.7. The molecule has 1 fully saturated rings. The van der Waals surface area contributed by atoms with Gasteiger partial charge in [-0.05, 0) is 129 Å². The second-order valence-electron chi connectivity index (χ2n) is 19.9. The quantitative estimate of drug-likeness (QED) is 0.0568. The topological polar surface area (TPSA) is 132 Å². The lowest BCUT2D eigenvalue weighted by Crippen LogP contribution is -2.38. The molecule has 2 aliphatic heterocycles.